The molecule has 0 fully saturated rings. The van der Waals surface area contributed by atoms with E-state index in [0.717, 1.165) is 31.8 Å². The zero-order valence-electron chi connectivity index (χ0n) is 10.2. The predicted molar refractivity (Wildman–Crippen MR) is 65.2 cm³/mol. The maximum Gasteiger partial charge on any atom is 0.133 e. The Labute approximate surface area is 97.4 Å². The predicted octanol–water partition coefficient (Wildman–Crippen LogP) is 3.23. The van der Waals surface area contributed by atoms with Crippen molar-refractivity contribution in [2.45, 2.75) is 46.0 Å². The second kappa shape index (κ2) is 5.78. The van der Waals surface area contributed by atoms with Gasteiger partial charge in [-0.05, 0) is 46.0 Å². The highest BCUT2D eigenvalue weighted by molar-refractivity contribution is 5.84. The molecule has 0 N–H and O–H groups in total. The standard InChI is InChI=1S/C14H20O2/c1-12(2)5-3-6-13-7-4-8-14(9-13,10-15)11-16/h5,7,10-11H,3-4,6,8-9H2,1-2H3. The average Bonchev–Trinajstić information content (AvgIpc) is 2.29. The van der Waals surface area contributed by atoms with Gasteiger partial charge in [0.1, 0.15) is 12.6 Å². The molecule has 88 valence electrons. The molecular weight excluding hydrogens is 200 g/mol. The molecule has 2 nitrogen and oxygen atoms in total. The highest BCUT2D eigenvalue weighted by Gasteiger charge is 2.31. The SMILES string of the molecule is CC(C)=CCCC1=CCCC(C=O)(C=O)C1. The van der Waals surface area contributed by atoms with Crippen molar-refractivity contribution in [1.82, 2.24) is 0 Å². The zero-order chi connectivity index (χ0) is 12.0. The number of aldehydes is 2. The Bertz CT molecular complexity index is 312. The van der Waals surface area contributed by atoms with E-state index in [-0.39, 0.29) is 0 Å². The monoisotopic (exact) mass is 220 g/mol. The molecule has 16 heavy (non-hydrogen) atoms. The van der Waals surface area contributed by atoms with E-state index in [1.165, 1.54) is 11.1 Å². The average molecular weight is 220 g/mol. The van der Waals surface area contributed by atoms with Gasteiger partial charge in [0.05, 0.1) is 5.41 Å². The lowest BCUT2D eigenvalue weighted by atomic mass is 9.75. The van der Waals surface area contributed by atoms with Crippen molar-refractivity contribution in [1.29, 1.82) is 0 Å². The van der Waals surface area contributed by atoms with E-state index in [9.17, 15) is 9.59 Å². The Morgan fingerprint density at radius 3 is 2.62 bits per heavy atom. The summed E-state index contributed by atoms with van der Waals surface area (Å²) in [5.41, 5.74) is 1.84. The lowest BCUT2D eigenvalue weighted by molar-refractivity contribution is -0.126. The number of allylic oxidation sites excluding steroid dienone is 4. The topological polar surface area (TPSA) is 34.1 Å². The van der Waals surface area contributed by atoms with Gasteiger partial charge in [0.2, 0.25) is 0 Å². The zero-order valence-corrected chi connectivity index (χ0v) is 10.2. The van der Waals surface area contributed by atoms with Crippen LogP contribution in [0.5, 0.6) is 0 Å². The second-order valence-electron chi connectivity index (χ2n) is 4.87. The number of hydrogen-bond donors (Lipinski definition) is 0. The summed E-state index contributed by atoms with van der Waals surface area (Å²) in [6.45, 7) is 4.16. The molecule has 0 unspecified atom stereocenters. The first-order chi connectivity index (χ1) is 7.62. The molecule has 0 atom stereocenters. The second-order valence-corrected chi connectivity index (χ2v) is 4.87. The van der Waals surface area contributed by atoms with Crippen LogP contribution >= 0.6 is 0 Å². The van der Waals surface area contributed by atoms with Crippen LogP contribution in [0.1, 0.15) is 46.0 Å². The summed E-state index contributed by atoms with van der Waals surface area (Å²) in [5, 5.41) is 0. The summed E-state index contributed by atoms with van der Waals surface area (Å²) in [6.07, 6.45) is 10.1. The molecule has 1 rings (SSSR count). The van der Waals surface area contributed by atoms with Crippen LogP contribution in [0.2, 0.25) is 0 Å². The normalized spacial score (nSPS) is 18.5. The summed E-state index contributed by atoms with van der Waals surface area (Å²) in [7, 11) is 0. The van der Waals surface area contributed by atoms with Crippen molar-refractivity contribution >= 4 is 12.6 Å². The third kappa shape index (κ3) is 3.44. The first-order valence-electron chi connectivity index (χ1n) is 5.86. The van der Waals surface area contributed by atoms with Gasteiger partial charge in [0.15, 0.2) is 0 Å². The van der Waals surface area contributed by atoms with E-state index >= 15 is 0 Å². The largest absolute Gasteiger partial charge is 0.302 e. The van der Waals surface area contributed by atoms with Crippen LogP contribution in [0.25, 0.3) is 0 Å². The quantitative estimate of drug-likeness (QED) is 0.405. The molecule has 0 saturated heterocycles. The van der Waals surface area contributed by atoms with Crippen LogP contribution in [-0.4, -0.2) is 12.6 Å². The highest BCUT2D eigenvalue weighted by Crippen LogP contribution is 2.34. The highest BCUT2D eigenvalue weighted by atomic mass is 16.1. The minimum Gasteiger partial charge on any atom is -0.302 e. The van der Waals surface area contributed by atoms with Crippen LogP contribution in [0.15, 0.2) is 23.3 Å². The Morgan fingerprint density at radius 2 is 2.06 bits per heavy atom. The number of rotatable bonds is 5. The molecule has 0 aromatic heterocycles. The van der Waals surface area contributed by atoms with E-state index in [0.29, 0.717) is 12.8 Å². The van der Waals surface area contributed by atoms with Gasteiger partial charge in [-0.1, -0.05) is 23.3 Å². The molecule has 0 aromatic carbocycles. The summed E-state index contributed by atoms with van der Waals surface area (Å²) in [6, 6.07) is 0. The molecule has 0 bridgehead atoms. The molecule has 0 amide bonds. The number of carbonyl (C=O) groups excluding carboxylic acids is 2. The van der Waals surface area contributed by atoms with Crippen LogP contribution in [0.4, 0.5) is 0 Å². The molecule has 0 radical (unpaired) electrons. The molecule has 0 saturated carbocycles. The van der Waals surface area contributed by atoms with E-state index < -0.39 is 5.41 Å². The van der Waals surface area contributed by atoms with Crippen molar-refractivity contribution in [3.05, 3.63) is 23.3 Å². The van der Waals surface area contributed by atoms with E-state index in [1.54, 1.807) is 0 Å². The van der Waals surface area contributed by atoms with Gasteiger partial charge in [-0.25, -0.2) is 0 Å². The smallest absolute Gasteiger partial charge is 0.133 e. The van der Waals surface area contributed by atoms with Crippen LogP contribution in [-0.2, 0) is 9.59 Å². The van der Waals surface area contributed by atoms with Gasteiger partial charge in [-0.2, -0.15) is 0 Å². The van der Waals surface area contributed by atoms with Gasteiger partial charge >= 0.3 is 0 Å². The minimum absolute atomic E-state index is 0.622. The Hall–Kier alpha value is -1.18. The van der Waals surface area contributed by atoms with Gasteiger partial charge < -0.3 is 9.59 Å². The third-order valence-electron chi connectivity index (χ3n) is 3.09. The molecule has 0 heterocycles. The van der Waals surface area contributed by atoms with E-state index in [4.69, 9.17) is 0 Å². The fourth-order valence-corrected chi connectivity index (χ4v) is 2.09. The molecular formula is C14H20O2. The van der Waals surface area contributed by atoms with Crippen molar-refractivity contribution in [3.8, 4) is 0 Å². The first-order valence-corrected chi connectivity index (χ1v) is 5.86. The third-order valence-corrected chi connectivity index (χ3v) is 3.09. The fourth-order valence-electron chi connectivity index (χ4n) is 2.09. The maximum absolute atomic E-state index is 11.0. The van der Waals surface area contributed by atoms with Crippen LogP contribution < -0.4 is 0 Å². The van der Waals surface area contributed by atoms with Gasteiger partial charge in [0.25, 0.3) is 0 Å². The molecule has 0 spiro atoms. The molecule has 0 aromatic rings. The van der Waals surface area contributed by atoms with Crippen molar-refractivity contribution in [2.75, 3.05) is 0 Å². The Balaban J connectivity index is 2.56. The van der Waals surface area contributed by atoms with Crippen LogP contribution in [0.3, 0.4) is 0 Å². The molecule has 1 aliphatic carbocycles. The van der Waals surface area contributed by atoms with Crippen molar-refractivity contribution < 1.29 is 9.59 Å². The Morgan fingerprint density at radius 1 is 1.38 bits per heavy atom. The molecule has 2 heteroatoms. The first kappa shape index (κ1) is 12.9. The van der Waals surface area contributed by atoms with E-state index in [2.05, 4.69) is 26.0 Å². The summed E-state index contributed by atoms with van der Waals surface area (Å²) in [5.74, 6) is 0. The summed E-state index contributed by atoms with van der Waals surface area (Å²) in [4.78, 5) is 21.9. The van der Waals surface area contributed by atoms with E-state index in [1.807, 2.05) is 0 Å². The molecule has 1 aliphatic rings. The van der Waals surface area contributed by atoms with Gasteiger partial charge in [-0.15, -0.1) is 0 Å². The minimum atomic E-state index is -0.727. The summed E-state index contributed by atoms with van der Waals surface area (Å²) < 4.78 is 0. The number of hydrogen-bond acceptors (Lipinski definition) is 2. The van der Waals surface area contributed by atoms with Crippen molar-refractivity contribution in [3.63, 3.8) is 0 Å². The Kier molecular flexibility index (Phi) is 4.66. The molecule has 0 aliphatic heterocycles. The van der Waals surface area contributed by atoms with Crippen LogP contribution in [0, 0.1) is 5.41 Å². The summed E-state index contributed by atoms with van der Waals surface area (Å²) >= 11 is 0. The van der Waals surface area contributed by atoms with Crippen molar-refractivity contribution in [2.24, 2.45) is 5.41 Å². The fraction of sp³-hybridized carbons (Fsp3) is 0.571. The lowest BCUT2D eigenvalue weighted by Crippen LogP contribution is -2.27. The van der Waals surface area contributed by atoms with Gasteiger partial charge in [-0.3, -0.25) is 0 Å². The maximum atomic E-state index is 11.0. The van der Waals surface area contributed by atoms with Gasteiger partial charge in [0, 0.05) is 0 Å². The number of carbonyl (C=O) groups is 2. The lowest BCUT2D eigenvalue weighted by Gasteiger charge is -2.26.